The van der Waals surface area contributed by atoms with Crippen molar-refractivity contribution in [3.63, 3.8) is 0 Å². The van der Waals surface area contributed by atoms with Crippen molar-refractivity contribution in [2.24, 2.45) is 5.92 Å². The standard InChI is InChI=1S/C19H22O3/c1-5-7-13-8-10-15(17(12-13)21-3)18-16(20)11-9-14(6-2)19(18)22-4/h8,10,12,14H,6,9,11H2,1-4H3. The second-order valence-electron chi connectivity index (χ2n) is 5.30. The van der Waals surface area contributed by atoms with Gasteiger partial charge in [-0.3, -0.25) is 4.79 Å². The normalized spacial score (nSPS) is 17.8. The molecule has 0 aromatic heterocycles. The molecule has 1 atom stereocenters. The van der Waals surface area contributed by atoms with Gasteiger partial charge in [0.1, 0.15) is 11.5 Å². The monoisotopic (exact) mass is 298 g/mol. The number of hydrogen-bond donors (Lipinski definition) is 0. The molecule has 1 aliphatic carbocycles. The third-order valence-electron chi connectivity index (χ3n) is 4.07. The van der Waals surface area contributed by atoms with E-state index in [2.05, 4.69) is 18.8 Å². The molecule has 0 saturated carbocycles. The lowest BCUT2D eigenvalue weighted by atomic mass is 9.82. The number of methoxy groups -OCH3 is 2. The van der Waals surface area contributed by atoms with E-state index in [1.54, 1.807) is 21.1 Å². The molecule has 1 aliphatic rings. The van der Waals surface area contributed by atoms with Gasteiger partial charge in [0.2, 0.25) is 0 Å². The van der Waals surface area contributed by atoms with Crippen LogP contribution in [0.5, 0.6) is 5.75 Å². The van der Waals surface area contributed by atoms with E-state index < -0.39 is 0 Å². The average molecular weight is 298 g/mol. The predicted molar refractivity (Wildman–Crippen MR) is 87.5 cm³/mol. The first-order chi connectivity index (χ1) is 10.7. The number of Topliss-reactive ketones (excluding diaryl/α,β-unsaturated/α-hetero) is 1. The summed E-state index contributed by atoms with van der Waals surface area (Å²) in [5.41, 5.74) is 2.33. The number of hydrogen-bond acceptors (Lipinski definition) is 3. The maximum atomic E-state index is 12.5. The van der Waals surface area contributed by atoms with Gasteiger partial charge in [-0.15, -0.1) is 5.92 Å². The van der Waals surface area contributed by atoms with Crippen molar-refractivity contribution in [1.29, 1.82) is 0 Å². The lowest BCUT2D eigenvalue weighted by Gasteiger charge is -2.26. The van der Waals surface area contributed by atoms with E-state index in [1.807, 2.05) is 18.2 Å². The highest BCUT2D eigenvalue weighted by atomic mass is 16.5. The summed E-state index contributed by atoms with van der Waals surface area (Å²) in [6, 6.07) is 5.69. The van der Waals surface area contributed by atoms with Gasteiger partial charge in [0.15, 0.2) is 5.78 Å². The third-order valence-corrected chi connectivity index (χ3v) is 4.07. The van der Waals surface area contributed by atoms with Crippen molar-refractivity contribution in [3.8, 4) is 17.6 Å². The maximum absolute atomic E-state index is 12.5. The van der Waals surface area contributed by atoms with Gasteiger partial charge in [0, 0.05) is 23.5 Å². The Morgan fingerprint density at radius 2 is 2.05 bits per heavy atom. The Kier molecular flexibility index (Phi) is 5.27. The summed E-state index contributed by atoms with van der Waals surface area (Å²) in [5.74, 6) is 7.73. The Morgan fingerprint density at radius 3 is 2.64 bits per heavy atom. The van der Waals surface area contributed by atoms with E-state index in [0.717, 1.165) is 29.7 Å². The fraction of sp³-hybridized carbons (Fsp3) is 0.421. The van der Waals surface area contributed by atoms with Crippen molar-refractivity contribution >= 4 is 11.4 Å². The minimum atomic E-state index is 0.120. The number of rotatable bonds is 4. The van der Waals surface area contributed by atoms with Crippen LogP contribution < -0.4 is 4.74 Å². The van der Waals surface area contributed by atoms with Gasteiger partial charge in [0.25, 0.3) is 0 Å². The molecular weight excluding hydrogens is 276 g/mol. The van der Waals surface area contributed by atoms with Crippen LogP contribution in [0, 0.1) is 17.8 Å². The van der Waals surface area contributed by atoms with Crippen LogP contribution in [0.25, 0.3) is 5.57 Å². The molecule has 116 valence electrons. The van der Waals surface area contributed by atoms with Crippen LogP contribution in [0.2, 0.25) is 0 Å². The summed E-state index contributed by atoms with van der Waals surface area (Å²) in [6.07, 6.45) is 2.37. The highest BCUT2D eigenvalue weighted by Crippen LogP contribution is 2.39. The zero-order chi connectivity index (χ0) is 16.1. The average Bonchev–Trinajstić information content (AvgIpc) is 2.55. The second-order valence-corrected chi connectivity index (χ2v) is 5.30. The molecule has 0 heterocycles. The van der Waals surface area contributed by atoms with Crippen molar-refractivity contribution in [2.45, 2.75) is 33.1 Å². The SMILES string of the molecule is CC#Cc1ccc(C2=C(OC)C(CC)CCC2=O)c(OC)c1. The summed E-state index contributed by atoms with van der Waals surface area (Å²) in [4.78, 5) is 12.5. The fourth-order valence-corrected chi connectivity index (χ4v) is 2.96. The van der Waals surface area contributed by atoms with E-state index in [9.17, 15) is 4.79 Å². The molecule has 3 nitrogen and oxygen atoms in total. The summed E-state index contributed by atoms with van der Waals surface area (Å²) < 4.78 is 11.1. The Balaban J connectivity index is 2.62. The Hall–Kier alpha value is -2.21. The smallest absolute Gasteiger partial charge is 0.167 e. The van der Waals surface area contributed by atoms with Gasteiger partial charge in [0.05, 0.1) is 19.8 Å². The molecule has 0 bridgehead atoms. The van der Waals surface area contributed by atoms with Crippen LogP contribution in [0.15, 0.2) is 24.0 Å². The van der Waals surface area contributed by atoms with E-state index in [0.29, 0.717) is 17.7 Å². The quantitative estimate of drug-likeness (QED) is 0.793. The molecule has 1 unspecified atom stereocenters. The van der Waals surface area contributed by atoms with Gasteiger partial charge in [-0.05, 0) is 38.0 Å². The van der Waals surface area contributed by atoms with Crippen LogP contribution in [-0.2, 0) is 9.53 Å². The van der Waals surface area contributed by atoms with Gasteiger partial charge < -0.3 is 9.47 Å². The molecule has 0 N–H and O–H groups in total. The van der Waals surface area contributed by atoms with E-state index in [-0.39, 0.29) is 11.7 Å². The highest BCUT2D eigenvalue weighted by Gasteiger charge is 2.31. The van der Waals surface area contributed by atoms with Gasteiger partial charge in [-0.1, -0.05) is 12.8 Å². The number of ether oxygens (including phenoxy) is 2. The lowest BCUT2D eigenvalue weighted by Crippen LogP contribution is -2.20. The molecule has 1 aromatic carbocycles. The summed E-state index contributed by atoms with van der Waals surface area (Å²) in [6.45, 7) is 3.91. The van der Waals surface area contributed by atoms with E-state index in [1.165, 1.54) is 0 Å². The van der Waals surface area contributed by atoms with E-state index >= 15 is 0 Å². The second kappa shape index (κ2) is 7.17. The number of benzene rings is 1. The molecule has 3 heteroatoms. The molecule has 0 amide bonds. The first-order valence-electron chi connectivity index (χ1n) is 7.58. The van der Waals surface area contributed by atoms with Crippen LogP contribution in [0.4, 0.5) is 0 Å². The minimum absolute atomic E-state index is 0.120. The first-order valence-corrected chi connectivity index (χ1v) is 7.58. The zero-order valence-electron chi connectivity index (χ0n) is 13.7. The molecule has 2 rings (SSSR count). The van der Waals surface area contributed by atoms with Gasteiger partial charge in [-0.25, -0.2) is 0 Å². The van der Waals surface area contributed by atoms with Gasteiger partial charge in [-0.2, -0.15) is 0 Å². The molecule has 22 heavy (non-hydrogen) atoms. The Bertz CT molecular complexity index is 659. The predicted octanol–water partition coefficient (Wildman–Crippen LogP) is 3.81. The minimum Gasteiger partial charge on any atom is -0.500 e. The highest BCUT2D eigenvalue weighted by molar-refractivity contribution is 6.22. The summed E-state index contributed by atoms with van der Waals surface area (Å²) >= 11 is 0. The van der Waals surface area contributed by atoms with Crippen molar-refractivity contribution < 1.29 is 14.3 Å². The van der Waals surface area contributed by atoms with Crippen molar-refractivity contribution in [1.82, 2.24) is 0 Å². The summed E-state index contributed by atoms with van der Waals surface area (Å²) in [5, 5.41) is 0. The molecule has 0 spiro atoms. The van der Waals surface area contributed by atoms with Crippen LogP contribution in [0.3, 0.4) is 0 Å². The van der Waals surface area contributed by atoms with Crippen LogP contribution in [0.1, 0.15) is 44.2 Å². The maximum Gasteiger partial charge on any atom is 0.167 e. The molecule has 0 fully saturated rings. The molecule has 1 aromatic rings. The number of carbonyl (C=O) groups excluding carboxylic acids is 1. The fourth-order valence-electron chi connectivity index (χ4n) is 2.96. The molecule has 0 aliphatic heterocycles. The van der Waals surface area contributed by atoms with Crippen molar-refractivity contribution in [3.05, 3.63) is 35.1 Å². The topological polar surface area (TPSA) is 35.5 Å². The number of allylic oxidation sites excluding steroid dienone is 2. The Morgan fingerprint density at radius 1 is 1.27 bits per heavy atom. The molecule has 0 radical (unpaired) electrons. The first kappa shape index (κ1) is 16.2. The third kappa shape index (κ3) is 3.01. The number of carbonyl (C=O) groups is 1. The molecular formula is C19H22O3. The van der Waals surface area contributed by atoms with E-state index in [4.69, 9.17) is 9.47 Å². The largest absolute Gasteiger partial charge is 0.500 e. The Labute approximate surface area is 132 Å². The number of ketones is 1. The zero-order valence-corrected chi connectivity index (χ0v) is 13.7. The molecule has 0 saturated heterocycles. The van der Waals surface area contributed by atoms with Gasteiger partial charge >= 0.3 is 0 Å². The lowest BCUT2D eigenvalue weighted by molar-refractivity contribution is -0.114. The van der Waals surface area contributed by atoms with Crippen LogP contribution >= 0.6 is 0 Å². The summed E-state index contributed by atoms with van der Waals surface area (Å²) in [7, 11) is 3.25. The van der Waals surface area contributed by atoms with Crippen molar-refractivity contribution in [2.75, 3.05) is 14.2 Å². The van der Waals surface area contributed by atoms with Crippen LogP contribution in [-0.4, -0.2) is 20.0 Å².